The fourth-order valence-corrected chi connectivity index (χ4v) is 2.56. The third-order valence-corrected chi connectivity index (χ3v) is 4.46. The summed E-state index contributed by atoms with van der Waals surface area (Å²) in [5.74, 6) is -18.7. The van der Waals surface area contributed by atoms with Gasteiger partial charge in [0.25, 0.3) is 0 Å². The van der Waals surface area contributed by atoms with E-state index in [4.69, 9.17) is 0 Å². The molecule has 0 unspecified atom stereocenters. The van der Waals surface area contributed by atoms with Crippen molar-refractivity contribution in [3.05, 3.63) is 119 Å². The van der Waals surface area contributed by atoms with Crippen molar-refractivity contribution in [2.24, 2.45) is 0 Å². The van der Waals surface area contributed by atoms with Crippen molar-refractivity contribution in [2.75, 3.05) is 0 Å². The molecule has 0 radical (unpaired) electrons. The Morgan fingerprint density at radius 2 is 0.837 bits per heavy atom. The summed E-state index contributed by atoms with van der Waals surface area (Å²) in [6.07, 6.45) is 0.541. The van der Waals surface area contributed by atoms with Crippen molar-refractivity contribution in [1.29, 1.82) is 0 Å². The standard InChI is InChI=1S/2C10H7F4O2.2C5H5.Ti/c2*1-2-3-7(15)16-10-8(13)5(11)4-6(12)9(10)14;2*1-2-4-5-3-1;/h2*2-3H2,1H3;2*1-5H;/q4*-1;+4. The van der Waals surface area contributed by atoms with Gasteiger partial charge in [-0.15, -0.1) is 12.1 Å². The van der Waals surface area contributed by atoms with Gasteiger partial charge in [-0.05, 0) is 12.8 Å². The van der Waals surface area contributed by atoms with E-state index >= 15 is 0 Å². The molecule has 0 aliphatic heterocycles. The largest absolute Gasteiger partial charge is 4.00 e. The molecule has 0 fully saturated rings. The summed E-state index contributed by atoms with van der Waals surface area (Å²) in [6.45, 7) is 3.27. The number of rotatable bonds is 6. The molecule has 228 valence electrons. The van der Waals surface area contributed by atoms with Gasteiger partial charge in [-0.3, -0.25) is 27.2 Å². The van der Waals surface area contributed by atoms with Crippen molar-refractivity contribution in [3.63, 3.8) is 0 Å². The number of hydrogen-bond acceptors (Lipinski definition) is 4. The van der Waals surface area contributed by atoms with Crippen LogP contribution < -0.4 is 9.47 Å². The summed E-state index contributed by atoms with van der Waals surface area (Å²) in [7, 11) is 0. The summed E-state index contributed by atoms with van der Waals surface area (Å²) in [6, 6.07) is 22.4. The van der Waals surface area contributed by atoms with Gasteiger partial charge in [0.05, 0.1) is 58.0 Å². The molecule has 0 aromatic heterocycles. The zero-order valence-corrected chi connectivity index (χ0v) is 24.3. The van der Waals surface area contributed by atoms with Crippen LogP contribution in [0.3, 0.4) is 0 Å². The van der Waals surface area contributed by atoms with E-state index in [1.54, 1.807) is 13.8 Å². The Bertz CT molecular complexity index is 1190. The molecular formula is C30H24F8O4Ti. The van der Waals surface area contributed by atoms with E-state index in [0.29, 0.717) is 12.8 Å². The third kappa shape index (κ3) is 13.8. The van der Waals surface area contributed by atoms with Crippen molar-refractivity contribution in [3.8, 4) is 11.5 Å². The Labute approximate surface area is 257 Å². The van der Waals surface area contributed by atoms with Gasteiger partial charge in [-0.1, -0.05) is 13.8 Å². The minimum atomic E-state index is -1.77. The van der Waals surface area contributed by atoms with Crippen LogP contribution in [-0.4, -0.2) is 11.9 Å². The topological polar surface area (TPSA) is 52.6 Å². The molecule has 0 spiro atoms. The van der Waals surface area contributed by atoms with Crippen molar-refractivity contribution >= 4 is 11.9 Å². The van der Waals surface area contributed by atoms with Crippen molar-refractivity contribution in [1.82, 2.24) is 0 Å². The van der Waals surface area contributed by atoms with Gasteiger partial charge in [0.1, 0.15) is 0 Å². The van der Waals surface area contributed by atoms with Crippen LogP contribution in [0.2, 0.25) is 0 Å². The molecule has 4 nitrogen and oxygen atoms in total. The first kappa shape index (κ1) is 39.2. The fourth-order valence-electron chi connectivity index (χ4n) is 2.56. The molecule has 0 saturated carbocycles. The third-order valence-electron chi connectivity index (χ3n) is 4.46. The van der Waals surface area contributed by atoms with Crippen LogP contribution in [0.25, 0.3) is 0 Å². The van der Waals surface area contributed by atoms with E-state index in [1.807, 2.05) is 60.7 Å². The summed E-state index contributed by atoms with van der Waals surface area (Å²) in [4.78, 5) is 21.9. The van der Waals surface area contributed by atoms with E-state index in [2.05, 4.69) is 9.47 Å². The first-order chi connectivity index (χ1) is 19.9. The van der Waals surface area contributed by atoms with Gasteiger partial charge >= 0.3 is 33.7 Å². The van der Waals surface area contributed by atoms with E-state index in [-0.39, 0.29) is 34.6 Å². The fraction of sp³-hybridized carbons (Fsp3) is 0.200. The predicted octanol–water partition coefficient (Wildman–Crippen LogP) is 8.31. The molecule has 0 amide bonds. The van der Waals surface area contributed by atoms with E-state index in [9.17, 15) is 44.7 Å². The Hall–Kier alpha value is -3.77. The van der Waals surface area contributed by atoms with Crippen LogP contribution in [-0.2, 0) is 31.3 Å². The molecule has 43 heavy (non-hydrogen) atoms. The SMILES string of the molecule is CCCC(=O)Oc1c(F)c(F)[c-]c(F)c1F.CCCC(=O)Oc1c(F)c(F)[c-]c(F)c1F.[Ti+4].c1cc[cH-]c1.c1cc[cH-]c1. The summed E-state index contributed by atoms with van der Waals surface area (Å²) in [5, 5.41) is 0. The zero-order chi connectivity index (χ0) is 31.7. The number of hydrogen-bond donors (Lipinski definition) is 0. The van der Waals surface area contributed by atoms with Crippen LogP contribution in [0.15, 0.2) is 60.7 Å². The van der Waals surface area contributed by atoms with E-state index in [1.165, 1.54) is 12.1 Å². The minimum absolute atomic E-state index is 0. The van der Waals surface area contributed by atoms with E-state index < -0.39 is 70.0 Å². The molecule has 0 aliphatic rings. The average Bonchev–Trinajstić information content (AvgIpc) is 3.72. The van der Waals surface area contributed by atoms with Crippen LogP contribution in [0, 0.1) is 58.7 Å². The second kappa shape index (κ2) is 21.0. The van der Waals surface area contributed by atoms with Crippen LogP contribution in [0.4, 0.5) is 35.1 Å². The maximum Gasteiger partial charge on any atom is 4.00 e. The Kier molecular flexibility index (Phi) is 19.2. The van der Waals surface area contributed by atoms with Gasteiger partial charge < -0.3 is 9.47 Å². The number of halogens is 8. The van der Waals surface area contributed by atoms with Gasteiger partial charge in [0.2, 0.25) is 0 Å². The number of carbonyl (C=O) groups is 2. The molecule has 0 heterocycles. The molecule has 13 heteroatoms. The molecule has 0 N–H and O–H groups in total. The quantitative estimate of drug-likeness (QED) is 0.0528. The second-order valence-corrected chi connectivity index (χ2v) is 7.79. The number of ether oxygens (including phenoxy) is 2. The monoisotopic (exact) mass is 648 g/mol. The maximum absolute atomic E-state index is 13.0. The maximum atomic E-state index is 13.0. The Morgan fingerprint density at radius 1 is 0.581 bits per heavy atom. The number of esters is 2. The first-order valence-corrected chi connectivity index (χ1v) is 12.2. The number of benzene rings is 2. The minimum Gasteiger partial charge on any atom is -0.447 e. The van der Waals surface area contributed by atoms with Crippen LogP contribution in [0.1, 0.15) is 39.5 Å². The molecule has 0 saturated heterocycles. The average molecular weight is 648 g/mol. The summed E-state index contributed by atoms with van der Waals surface area (Å²) in [5.41, 5.74) is 0. The molecule has 4 aromatic carbocycles. The molecule has 0 bridgehead atoms. The Morgan fingerprint density at radius 3 is 1.02 bits per heavy atom. The summed E-state index contributed by atoms with van der Waals surface area (Å²) >= 11 is 0. The normalized spacial score (nSPS) is 9.53. The Balaban J connectivity index is 0.000000608. The second-order valence-electron chi connectivity index (χ2n) is 7.79. The van der Waals surface area contributed by atoms with E-state index in [0.717, 1.165) is 0 Å². The molecular weight excluding hydrogens is 624 g/mol. The first-order valence-electron chi connectivity index (χ1n) is 12.2. The van der Waals surface area contributed by atoms with Crippen molar-refractivity contribution < 1.29 is 75.9 Å². The molecule has 4 aromatic rings. The van der Waals surface area contributed by atoms with Gasteiger partial charge in [0, 0.05) is 12.8 Å². The van der Waals surface area contributed by atoms with Crippen molar-refractivity contribution in [2.45, 2.75) is 39.5 Å². The summed E-state index contributed by atoms with van der Waals surface area (Å²) < 4.78 is 111. The molecule has 0 atom stereocenters. The zero-order valence-electron chi connectivity index (χ0n) is 22.8. The number of carbonyl (C=O) groups excluding carboxylic acids is 2. The van der Waals surface area contributed by atoms with Gasteiger partial charge in [-0.2, -0.15) is 36.4 Å². The van der Waals surface area contributed by atoms with Gasteiger partial charge in [0.15, 0.2) is 0 Å². The van der Waals surface area contributed by atoms with Crippen LogP contribution in [0.5, 0.6) is 11.5 Å². The molecule has 0 aliphatic carbocycles. The van der Waals surface area contributed by atoms with Crippen LogP contribution >= 0.6 is 0 Å². The smallest absolute Gasteiger partial charge is 0.447 e. The predicted molar refractivity (Wildman–Crippen MR) is 135 cm³/mol. The molecule has 4 rings (SSSR count). The van der Waals surface area contributed by atoms with Gasteiger partial charge in [-0.25, -0.2) is 41.8 Å².